The van der Waals surface area contributed by atoms with E-state index in [2.05, 4.69) is 23.9 Å². The van der Waals surface area contributed by atoms with Crippen molar-refractivity contribution in [3.63, 3.8) is 0 Å². The molecular weight excluding hydrogens is 234 g/mol. The lowest BCUT2D eigenvalue weighted by Crippen LogP contribution is -2.31. The summed E-state index contributed by atoms with van der Waals surface area (Å²) in [5.74, 6) is 0.0575. The number of nitrogen functional groups attached to an aromatic ring is 1. The molecule has 0 radical (unpaired) electrons. The number of rotatable bonds is 3. The van der Waals surface area contributed by atoms with Gasteiger partial charge in [-0.2, -0.15) is 0 Å². The molecule has 0 spiro atoms. The molecule has 1 aliphatic rings. The van der Waals surface area contributed by atoms with Crippen LogP contribution in [0.2, 0.25) is 0 Å². The Hall–Kier alpha value is -1.07. The van der Waals surface area contributed by atoms with Crippen molar-refractivity contribution in [3.05, 3.63) is 10.9 Å². The van der Waals surface area contributed by atoms with E-state index in [1.807, 2.05) is 6.07 Å². The van der Waals surface area contributed by atoms with Gasteiger partial charge in [-0.15, -0.1) is 11.3 Å². The van der Waals surface area contributed by atoms with Crippen LogP contribution in [0.4, 0.5) is 10.7 Å². The molecule has 4 nitrogen and oxygen atoms in total. The number of likely N-dealkylation sites (N-methyl/N-ethyl adjacent to an activating group) is 1. The molecule has 1 aromatic heterocycles. The SMILES string of the molecule is CC(=O)c1sc(N2CCC(N(C)C)C2)cc1N. The number of Topliss-reactive ketones (excluding diaryl/α,β-unsaturated/α-hetero) is 1. The van der Waals surface area contributed by atoms with Crippen molar-refractivity contribution in [3.8, 4) is 0 Å². The van der Waals surface area contributed by atoms with Gasteiger partial charge in [0, 0.05) is 26.1 Å². The van der Waals surface area contributed by atoms with Crippen LogP contribution >= 0.6 is 11.3 Å². The second-order valence-corrected chi connectivity index (χ2v) is 5.81. The first-order valence-corrected chi connectivity index (χ1v) is 6.62. The van der Waals surface area contributed by atoms with Crippen LogP contribution in [0.25, 0.3) is 0 Å². The lowest BCUT2D eigenvalue weighted by molar-refractivity contribution is 0.102. The lowest BCUT2D eigenvalue weighted by atomic mass is 10.2. The average Bonchev–Trinajstić information content (AvgIpc) is 2.82. The van der Waals surface area contributed by atoms with Crippen LogP contribution in [-0.2, 0) is 0 Å². The minimum Gasteiger partial charge on any atom is -0.397 e. The Morgan fingerprint density at radius 3 is 2.76 bits per heavy atom. The first kappa shape index (κ1) is 12.4. The molecule has 1 aliphatic heterocycles. The third-order valence-corrected chi connectivity index (χ3v) is 4.59. The summed E-state index contributed by atoms with van der Waals surface area (Å²) in [7, 11) is 4.22. The van der Waals surface area contributed by atoms with Crippen molar-refractivity contribution in [2.45, 2.75) is 19.4 Å². The molecule has 0 bridgehead atoms. The van der Waals surface area contributed by atoms with Gasteiger partial charge in [0.2, 0.25) is 0 Å². The summed E-state index contributed by atoms with van der Waals surface area (Å²) in [5.41, 5.74) is 6.47. The van der Waals surface area contributed by atoms with E-state index in [1.54, 1.807) is 6.92 Å². The van der Waals surface area contributed by atoms with Crippen molar-refractivity contribution in [2.24, 2.45) is 0 Å². The average molecular weight is 253 g/mol. The minimum absolute atomic E-state index is 0.0575. The Morgan fingerprint density at radius 2 is 2.29 bits per heavy atom. The Labute approximate surface area is 106 Å². The second kappa shape index (κ2) is 4.66. The highest BCUT2D eigenvalue weighted by molar-refractivity contribution is 7.18. The highest BCUT2D eigenvalue weighted by Gasteiger charge is 2.26. The first-order chi connectivity index (χ1) is 7.99. The van der Waals surface area contributed by atoms with Crippen LogP contribution in [0.15, 0.2) is 6.07 Å². The van der Waals surface area contributed by atoms with E-state index in [9.17, 15) is 4.79 Å². The third kappa shape index (κ3) is 2.45. The topological polar surface area (TPSA) is 49.6 Å². The number of nitrogens with two attached hydrogens (primary N) is 1. The number of hydrogen-bond donors (Lipinski definition) is 1. The summed E-state index contributed by atoms with van der Waals surface area (Å²) in [6.45, 7) is 3.63. The van der Waals surface area contributed by atoms with Gasteiger partial charge in [-0.1, -0.05) is 0 Å². The normalized spacial score (nSPS) is 20.2. The second-order valence-electron chi connectivity index (χ2n) is 4.78. The Balaban J connectivity index is 2.14. The lowest BCUT2D eigenvalue weighted by Gasteiger charge is -2.20. The Morgan fingerprint density at radius 1 is 1.59 bits per heavy atom. The molecule has 0 aromatic carbocycles. The highest BCUT2D eigenvalue weighted by Crippen LogP contribution is 2.34. The minimum atomic E-state index is 0.0575. The quantitative estimate of drug-likeness (QED) is 0.833. The predicted octanol–water partition coefficient (Wildman–Crippen LogP) is 1.67. The molecule has 17 heavy (non-hydrogen) atoms. The Kier molecular flexibility index (Phi) is 3.40. The van der Waals surface area contributed by atoms with E-state index in [4.69, 9.17) is 5.73 Å². The standard InChI is InChI=1S/C12H19N3OS/c1-8(16)12-10(13)6-11(17-12)15-5-4-9(7-15)14(2)3/h6,9H,4-5,7,13H2,1-3H3. The fraction of sp³-hybridized carbons (Fsp3) is 0.583. The fourth-order valence-electron chi connectivity index (χ4n) is 2.19. The molecule has 2 N–H and O–H groups in total. The number of carbonyl (C=O) groups is 1. The van der Waals surface area contributed by atoms with Gasteiger partial charge < -0.3 is 15.5 Å². The van der Waals surface area contributed by atoms with Crippen molar-refractivity contribution in [1.29, 1.82) is 0 Å². The van der Waals surface area contributed by atoms with Crippen molar-refractivity contribution in [1.82, 2.24) is 4.90 Å². The summed E-state index contributed by atoms with van der Waals surface area (Å²) in [6.07, 6.45) is 1.17. The molecule has 1 atom stereocenters. The van der Waals surface area contributed by atoms with E-state index in [0.717, 1.165) is 18.1 Å². The molecule has 1 saturated heterocycles. The molecule has 2 heterocycles. The molecule has 1 unspecified atom stereocenters. The van der Waals surface area contributed by atoms with Gasteiger partial charge in [-0.25, -0.2) is 0 Å². The number of carbonyl (C=O) groups excluding carboxylic acids is 1. The van der Waals surface area contributed by atoms with Gasteiger partial charge in [0.25, 0.3) is 0 Å². The molecule has 1 fully saturated rings. The van der Waals surface area contributed by atoms with E-state index in [1.165, 1.54) is 17.8 Å². The molecule has 2 rings (SSSR count). The maximum absolute atomic E-state index is 11.4. The van der Waals surface area contributed by atoms with E-state index >= 15 is 0 Å². The van der Waals surface area contributed by atoms with E-state index in [-0.39, 0.29) is 5.78 Å². The zero-order valence-corrected chi connectivity index (χ0v) is 11.4. The van der Waals surface area contributed by atoms with E-state index < -0.39 is 0 Å². The van der Waals surface area contributed by atoms with Crippen LogP contribution in [0.3, 0.4) is 0 Å². The fourth-order valence-corrected chi connectivity index (χ4v) is 3.20. The van der Waals surface area contributed by atoms with Crippen LogP contribution < -0.4 is 10.6 Å². The van der Waals surface area contributed by atoms with Gasteiger partial charge >= 0.3 is 0 Å². The predicted molar refractivity (Wildman–Crippen MR) is 73.0 cm³/mol. The Bertz CT molecular complexity index is 427. The first-order valence-electron chi connectivity index (χ1n) is 5.80. The summed E-state index contributed by atoms with van der Waals surface area (Å²) >= 11 is 1.51. The van der Waals surface area contributed by atoms with Crippen molar-refractivity contribution in [2.75, 3.05) is 37.8 Å². The summed E-state index contributed by atoms with van der Waals surface area (Å²) in [6, 6.07) is 2.53. The van der Waals surface area contributed by atoms with Crippen LogP contribution in [-0.4, -0.2) is 43.9 Å². The zero-order chi connectivity index (χ0) is 12.6. The molecule has 94 valence electrons. The largest absolute Gasteiger partial charge is 0.397 e. The monoisotopic (exact) mass is 253 g/mol. The van der Waals surface area contributed by atoms with Crippen molar-refractivity contribution >= 4 is 27.8 Å². The maximum Gasteiger partial charge on any atom is 0.171 e. The molecule has 0 amide bonds. The van der Waals surface area contributed by atoms with Gasteiger partial charge in [0.05, 0.1) is 15.6 Å². The number of anilines is 2. The van der Waals surface area contributed by atoms with Gasteiger partial charge in [0.1, 0.15) is 0 Å². The van der Waals surface area contributed by atoms with Crippen LogP contribution in [0.5, 0.6) is 0 Å². The van der Waals surface area contributed by atoms with Crippen LogP contribution in [0.1, 0.15) is 23.0 Å². The third-order valence-electron chi connectivity index (χ3n) is 3.27. The molecule has 1 aromatic rings. The summed E-state index contributed by atoms with van der Waals surface area (Å²) in [4.78, 5) is 16.6. The number of hydrogen-bond acceptors (Lipinski definition) is 5. The number of thiophene rings is 1. The number of ketones is 1. The van der Waals surface area contributed by atoms with Crippen LogP contribution in [0, 0.1) is 0 Å². The maximum atomic E-state index is 11.4. The molecule has 0 aliphatic carbocycles. The van der Waals surface area contributed by atoms with Gasteiger partial charge in [-0.3, -0.25) is 4.79 Å². The zero-order valence-electron chi connectivity index (χ0n) is 10.6. The summed E-state index contributed by atoms with van der Waals surface area (Å²) in [5, 5.41) is 1.12. The summed E-state index contributed by atoms with van der Waals surface area (Å²) < 4.78 is 0. The van der Waals surface area contributed by atoms with Gasteiger partial charge in [-0.05, 0) is 26.6 Å². The number of nitrogens with zero attached hydrogens (tertiary/aromatic N) is 2. The molecule has 0 saturated carbocycles. The van der Waals surface area contributed by atoms with Gasteiger partial charge in [0.15, 0.2) is 5.78 Å². The van der Waals surface area contributed by atoms with Crippen molar-refractivity contribution < 1.29 is 4.79 Å². The van der Waals surface area contributed by atoms with E-state index in [0.29, 0.717) is 16.6 Å². The molecule has 5 heteroatoms. The highest BCUT2D eigenvalue weighted by atomic mass is 32.1. The molecular formula is C12H19N3OS. The smallest absolute Gasteiger partial charge is 0.171 e.